The van der Waals surface area contributed by atoms with E-state index in [-0.39, 0.29) is 0 Å². The van der Waals surface area contributed by atoms with Gasteiger partial charge in [-0.15, -0.1) is 0 Å². The summed E-state index contributed by atoms with van der Waals surface area (Å²) < 4.78 is 9.27. The van der Waals surface area contributed by atoms with E-state index >= 15 is 0 Å². The molecule has 6 nitrogen and oxygen atoms in total. The van der Waals surface area contributed by atoms with Gasteiger partial charge >= 0.3 is 0 Å². The van der Waals surface area contributed by atoms with Crippen molar-refractivity contribution in [3.05, 3.63) is 66.7 Å². The maximum atomic E-state index is 5.74. The van der Waals surface area contributed by atoms with Crippen LogP contribution in [0.3, 0.4) is 0 Å². The van der Waals surface area contributed by atoms with E-state index in [4.69, 9.17) is 4.74 Å². The number of rotatable bonds is 4. The Morgan fingerprint density at radius 3 is 2.61 bits per heavy atom. The average Bonchev–Trinajstić information content (AvgIpc) is 3.21. The minimum atomic E-state index is 0.458. The first kappa shape index (κ1) is 13.5. The molecule has 23 heavy (non-hydrogen) atoms. The van der Waals surface area contributed by atoms with Crippen molar-refractivity contribution in [1.29, 1.82) is 0 Å². The highest BCUT2D eigenvalue weighted by Gasteiger charge is 2.03. The van der Waals surface area contributed by atoms with Crippen LogP contribution in [0.15, 0.2) is 61.1 Å². The normalized spacial score (nSPS) is 11.0. The third-order valence-corrected chi connectivity index (χ3v) is 3.56. The second-order valence-electron chi connectivity index (χ2n) is 5.24. The molecule has 3 aromatic heterocycles. The summed E-state index contributed by atoms with van der Waals surface area (Å²) in [6.07, 6.45) is 5.48. The highest BCUT2D eigenvalue weighted by molar-refractivity contribution is 5.61. The van der Waals surface area contributed by atoms with Crippen LogP contribution < -0.4 is 4.74 Å². The topological polar surface area (TPSA) is 57.2 Å². The van der Waals surface area contributed by atoms with Crippen LogP contribution in [0, 0.1) is 0 Å². The smallest absolute Gasteiger partial charge is 0.153 e. The van der Waals surface area contributed by atoms with Crippen molar-refractivity contribution < 1.29 is 4.74 Å². The first-order valence-corrected chi connectivity index (χ1v) is 7.30. The fraction of sp³-hybridized carbons (Fsp3) is 0.118. The maximum absolute atomic E-state index is 5.74. The summed E-state index contributed by atoms with van der Waals surface area (Å²) >= 11 is 0. The minimum Gasteiger partial charge on any atom is -0.487 e. The average molecular weight is 305 g/mol. The van der Waals surface area contributed by atoms with Gasteiger partial charge in [-0.2, -0.15) is 10.2 Å². The maximum Gasteiger partial charge on any atom is 0.153 e. The molecule has 0 atom stereocenters. The molecule has 0 spiro atoms. The molecule has 4 aromatic rings. The van der Waals surface area contributed by atoms with E-state index in [2.05, 4.69) is 15.2 Å². The Morgan fingerprint density at radius 2 is 1.83 bits per heavy atom. The van der Waals surface area contributed by atoms with Gasteiger partial charge in [0.25, 0.3) is 0 Å². The summed E-state index contributed by atoms with van der Waals surface area (Å²) in [5, 5.41) is 8.82. The number of ether oxygens (including phenoxy) is 1. The highest BCUT2D eigenvalue weighted by atomic mass is 16.5. The van der Waals surface area contributed by atoms with Gasteiger partial charge in [0.2, 0.25) is 0 Å². The predicted octanol–water partition coefficient (Wildman–Crippen LogP) is 2.71. The summed E-state index contributed by atoms with van der Waals surface area (Å²) in [7, 11) is 1.89. The van der Waals surface area contributed by atoms with Crippen molar-refractivity contribution in [3.63, 3.8) is 0 Å². The number of imidazole rings is 1. The molecule has 0 saturated carbocycles. The number of nitrogens with zero attached hydrogens (tertiary/aromatic N) is 5. The van der Waals surface area contributed by atoms with E-state index in [0.717, 1.165) is 28.3 Å². The Bertz CT molecular complexity index is 939. The molecule has 1 aromatic carbocycles. The fourth-order valence-electron chi connectivity index (χ4n) is 2.39. The summed E-state index contributed by atoms with van der Waals surface area (Å²) in [5.41, 5.74) is 3.67. The Kier molecular flexibility index (Phi) is 3.27. The Hall–Kier alpha value is -3.15. The number of aryl methyl sites for hydroxylation is 1. The molecule has 0 aliphatic heterocycles. The van der Waals surface area contributed by atoms with E-state index < -0.39 is 0 Å². The quantitative estimate of drug-likeness (QED) is 0.582. The molecule has 0 N–H and O–H groups in total. The van der Waals surface area contributed by atoms with Crippen molar-refractivity contribution >= 4 is 5.65 Å². The van der Waals surface area contributed by atoms with E-state index in [9.17, 15) is 0 Å². The monoisotopic (exact) mass is 305 g/mol. The first-order valence-electron chi connectivity index (χ1n) is 7.30. The molecule has 0 unspecified atom stereocenters. The number of benzene rings is 1. The molecule has 6 heteroatoms. The second-order valence-corrected chi connectivity index (χ2v) is 5.24. The number of hydrogen-bond donors (Lipinski definition) is 0. The number of aromatic nitrogens is 5. The van der Waals surface area contributed by atoms with Gasteiger partial charge in [-0.25, -0.2) is 9.50 Å². The molecule has 0 fully saturated rings. The molecular formula is C17H15N5O. The summed E-state index contributed by atoms with van der Waals surface area (Å²) in [6.45, 7) is 0.458. The lowest BCUT2D eigenvalue weighted by molar-refractivity contribution is 0.300. The molecule has 0 saturated heterocycles. The van der Waals surface area contributed by atoms with Crippen LogP contribution in [0.4, 0.5) is 0 Å². The van der Waals surface area contributed by atoms with Crippen molar-refractivity contribution in [1.82, 2.24) is 24.4 Å². The molecule has 0 aliphatic carbocycles. The second kappa shape index (κ2) is 5.57. The van der Waals surface area contributed by atoms with E-state index in [1.54, 1.807) is 15.4 Å². The molecule has 4 rings (SSSR count). The Balaban J connectivity index is 1.50. The summed E-state index contributed by atoms with van der Waals surface area (Å²) in [4.78, 5) is 4.20. The van der Waals surface area contributed by atoms with Crippen molar-refractivity contribution in [3.8, 4) is 17.0 Å². The number of hydrogen-bond acceptors (Lipinski definition) is 4. The van der Waals surface area contributed by atoms with Crippen molar-refractivity contribution in [2.24, 2.45) is 7.05 Å². The molecule has 0 amide bonds. The highest BCUT2D eigenvalue weighted by Crippen LogP contribution is 2.21. The van der Waals surface area contributed by atoms with Crippen LogP contribution in [-0.4, -0.2) is 24.4 Å². The largest absolute Gasteiger partial charge is 0.487 e. The zero-order valence-corrected chi connectivity index (χ0v) is 12.6. The van der Waals surface area contributed by atoms with Crippen LogP contribution >= 0.6 is 0 Å². The SMILES string of the molecule is Cn1ccc(COc2ccc(-c3ccc4nccn4n3)cc2)n1. The van der Waals surface area contributed by atoms with Crippen LogP contribution in [0.2, 0.25) is 0 Å². The van der Waals surface area contributed by atoms with E-state index in [1.807, 2.05) is 61.9 Å². The number of fused-ring (bicyclic) bond motifs is 1. The van der Waals surface area contributed by atoms with Crippen molar-refractivity contribution in [2.75, 3.05) is 0 Å². The van der Waals surface area contributed by atoms with Crippen LogP contribution in [0.25, 0.3) is 16.9 Å². The Morgan fingerprint density at radius 1 is 0.957 bits per heavy atom. The third-order valence-electron chi connectivity index (χ3n) is 3.56. The third kappa shape index (κ3) is 2.78. The molecule has 0 radical (unpaired) electrons. The molecule has 114 valence electrons. The lowest BCUT2D eigenvalue weighted by atomic mass is 10.1. The van der Waals surface area contributed by atoms with E-state index in [1.165, 1.54) is 0 Å². The molecule has 3 heterocycles. The lowest BCUT2D eigenvalue weighted by Gasteiger charge is -2.06. The van der Waals surface area contributed by atoms with Gasteiger partial charge in [-0.3, -0.25) is 4.68 Å². The minimum absolute atomic E-state index is 0.458. The fourth-order valence-corrected chi connectivity index (χ4v) is 2.39. The predicted molar refractivity (Wildman–Crippen MR) is 86.0 cm³/mol. The van der Waals surface area contributed by atoms with Crippen LogP contribution in [0.1, 0.15) is 5.69 Å². The summed E-state index contributed by atoms with van der Waals surface area (Å²) in [5.74, 6) is 0.808. The standard InChI is InChI=1S/C17H15N5O/c1-21-10-8-14(19-21)12-23-15-4-2-13(3-5-15)16-6-7-17-18-9-11-22(17)20-16/h2-11H,12H2,1H3. The van der Waals surface area contributed by atoms with E-state index in [0.29, 0.717) is 6.61 Å². The zero-order chi connectivity index (χ0) is 15.6. The molecule has 0 bridgehead atoms. The van der Waals surface area contributed by atoms with Crippen molar-refractivity contribution in [2.45, 2.75) is 6.61 Å². The summed E-state index contributed by atoms with van der Waals surface area (Å²) in [6, 6.07) is 13.7. The van der Waals surface area contributed by atoms with Gasteiger partial charge in [-0.05, 0) is 42.5 Å². The van der Waals surface area contributed by atoms with Gasteiger partial charge in [0, 0.05) is 31.2 Å². The van der Waals surface area contributed by atoms with Crippen LogP contribution in [0.5, 0.6) is 5.75 Å². The Labute approximate surface area is 133 Å². The van der Waals surface area contributed by atoms with Gasteiger partial charge in [0.1, 0.15) is 12.4 Å². The lowest BCUT2D eigenvalue weighted by Crippen LogP contribution is -1.98. The van der Waals surface area contributed by atoms with Gasteiger partial charge in [0.05, 0.1) is 11.4 Å². The van der Waals surface area contributed by atoms with Gasteiger partial charge in [0.15, 0.2) is 5.65 Å². The van der Waals surface area contributed by atoms with Crippen LogP contribution in [-0.2, 0) is 13.7 Å². The van der Waals surface area contributed by atoms with Gasteiger partial charge < -0.3 is 4.74 Å². The molecular weight excluding hydrogens is 290 g/mol. The molecule has 0 aliphatic rings. The first-order chi connectivity index (χ1) is 11.3. The van der Waals surface area contributed by atoms with Gasteiger partial charge in [-0.1, -0.05) is 0 Å². The zero-order valence-electron chi connectivity index (χ0n) is 12.6.